The summed E-state index contributed by atoms with van der Waals surface area (Å²) >= 11 is 0. The number of rotatable bonds is 9. The smallest absolute Gasteiger partial charge is 0.323 e. The molecule has 0 spiro atoms. The Morgan fingerprint density at radius 3 is 2.05 bits per heavy atom. The van der Waals surface area contributed by atoms with Crippen molar-refractivity contribution in [2.24, 2.45) is 17.8 Å². The van der Waals surface area contributed by atoms with Gasteiger partial charge >= 0.3 is 5.97 Å². The molecule has 2 N–H and O–H groups in total. The van der Waals surface area contributed by atoms with Crippen molar-refractivity contribution >= 4 is 17.8 Å². The van der Waals surface area contributed by atoms with Crippen LogP contribution in [-0.4, -0.2) is 47.9 Å². The summed E-state index contributed by atoms with van der Waals surface area (Å²) in [6.07, 6.45) is 0.659. The summed E-state index contributed by atoms with van der Waals surface area (Å²) in [5.41, 5.74) is 0. The minimum atomic E-state index is -1.04. The SMILES string of the molecule is CNC(=O)C(CC(=O)N(CC(=O)O)CC(C)C)CC(C)C. The van der Waals surface area contributed by atoms with Crippen LogP contribution in [0.1, 0.15) is 40.5 Å². The minimum Gasteiger partial charge on any atom is -0.480 e. The molecule has 0 aromatic heterocycles. The number of nitrogens with zero attached hydrogens (tertiary/aromatic N) is 1. The van der Waals surface area contributed by atoms with E-state index >= 15 is 0 Å². The quantitative estimate of drug-likeness (QED) is 0.673. The van der Waals surface area contributed by atoms with Gasteiger partial charge in [0.05, 0.1) is 0 Å². The molecule has 0 aliphatic carbocycles. The number of nitrogens with one attached hydrogen (secondary N) is 1. The van der Waals surface area contributed by atoms with Crippen molar-refractivity contribution in [2.45, 2.75) is 40.5 Å². The van der Waals surface area contributed by atoms with E-state index in [2.05, 4.69) is 5.32 Å². The molecule has 0 rings (SSSR count). The molecule has 0 saturated carbocycles. The molecule has 0 saturated heterocycles. The molecule has 6 nitrogen and oxygen atoms in total. The van der Waals surface area contributed by atoms with Crippen LogP contribution in [0.5, 0.6) is 0 Å². The first-order valence-electron chi connectivity index (χ1n) is 7.38. The molecule has 0 aromatic carbocycles. The van der Waals surface area contributed by atoms with Crippen LogP contribution in [0.15, 0.2) is 0 Å². The molecule has 1 atom stereocenters. The third kappa shape index (κ3) is 8.32. The number of amides is 2. The van der Waals surface area contributed by atoms with Crippen molar-refractivity contribution in [3.8, 4) is 0 Å². The highest BCUT2D eigenvalue weighted by atomic mass is 16.4. The van der Waals surface area contributed by atoms with Gasteiger partial charge in [0.1, 0.15) is 6.54 Å². The molecule has 2 amide bonds. The van der Waals surface area contributed by atoms with Crippen LogP contribution in [0, 0.1) is 17.8 Å². The van der Waals surface area contributed by atoms with Gasteiger partial charge in [-0.25, -0.2) is 0 Å². The van der Waals surface area contributed by atoms with Crippen molar-refractivity contribution in [3.05, 3.63) is 0 Å². The van der Waals surface area contributed by atoms with Crippen molar-refractivity contribution in [2.75, 3.05) is 20.1 Å². The molecule has 0 heterocycles. The van der Waals surface area contributed by atoms with E-state index in [1.807, 2.05) is 27.7 Å². The molecule has 21 heavy (non-hydrogen) atoms. The zero-order valence-corrected chi connectivity index (χ0v) is 13.7. The van der Waals surface area contributed by atoms with E-state index in [1.54, 1.807) is 7.05 Å². The van der Waals surface area contributed by atoms with E-state index in [-0.39, 0.29) is 36.6 Å². The summed E-state index contributed by atoms with van der Waals surface area (Å²) in [6, 6.07) is 0. The van der Waals surface area contributed by atoms with Crippen LogP contribution in [0.3, 0.4) is 0 Å². The highest BCUT2D eigenvalue weighted by Gasteiger charge is 2.26. The first kappa shape index (κ1) is 19.4. The van der Waals surface area contributed by atoms with Crippen molar-refractivity contribution in [1.82, 2.24) is 10.2 Å². The maximum atomic E-state index is 12.3. The third-order valence-electron chi connectivity index (χ3n) is 3.06. The van der Waals surface area contributed by atoms with E-state index < -0.39 is 11.9 Å². The molecule has 0 aromatic rings. The Hall–Kier alpha value is -1.59. The molecule has 1 unspecified atom stereocenters. The van der Waals surface area contributed by atoms with Gasteiger partial charge in [-0.05, 0) is 18.3 Å². The van der Waals surface area contributed by atoms with Crippen LogP contribution in [-0.2, 0) is 14.4 Å². The number of carbonyl (C=O) groups excluding carboxylic acids is 2. The lowest BCUT2D eigenvalue weighted by molar-refractivity contribution is -0.145. The van der Waals surface area contributed by atoms with Gasteiger partial charge in [-0.1, -0.05) is 27.7 Å². The van der Waals surface area contributed by atoms with Crippen LogP contribution >= 0.6 is 0 Å². The van der Waals surface area contributed by atoms with Gasteiger partial charge < -0.3 is 15.3 Å². The molecule has 0 radical (unpaired) electrons. The summed E-state index contributed by atoms with van der Waals surface area (Å²) in [6.45, 7) is 7.89. The first-order valence-corrected chi connectivity index (χ1v) is 7.38. The highest BCUT2D eigenvalue weighted by molar-refractivity contribution is 5.87. The molecule has 0 aliphatic heterocycles. The minimum absolute atomic E-state index is 0.0534. The number of hydrogen-bond acceptors (Lipinski definition) is 3. The Morgan fingerprint density at radius 1 is 1.10 bits per heavy atom. The third-order valence-corrected chi connectivity index (χ3v) is 3.06. The fraction of sp³-hybridized carbons (Fsp3) is 0.800. The van der Waals surface area contributed by atoms with Gasteiger partial charge in [-0.15, -0.1) is 0 Å². The predicted octanol–water partition coefficient (Wildman–Crippen LogP) is 1.35. The second-order valence-electron chi connectivity index (χ2n) is 6.21. The fourth-order valence-corrected chi connectivity index (χ4v) is 2.25. The van der Waals surface area contributed by atoms with Gasteiger partial charge in [0.15, 0.2) is 0 Å². The lowest BCUT2D eigenvalue weighted by atomic mass is 9.92. The maximum absolute atomic E-state index is 12.3. The zero-order valence-electron chi connectivity index (χ0n) is 13.7. The molecule has 122 valence electrons. The largest absolute Gasteiger partial charge is 0.480 e. The Kier molecular flexibility index (Phi) is 8.66. The lowest BCUT2D eigenvalue weighted by Crippen LogP contribution is -2.41. The standard InChI is InChI=1S/C15H28N2O4/c1-10(2)6-12(15(21)16-5)7-13(18)17(8-11(3)4)9-14(19)20/h10-12H,6-9H2,1-5H3,(H,16,21)(H,19,20). The van der Waals surface area contributed by atoms with E-state index in [9.17, 15) is 14.4 Å². The maximum Gasteiger partial charge on any atom is 0.323 e. The van der Waals surface area contributed by atoms with E-state index in [4.69, 9.17) is 5.11 Å². The number of carboxylic acids is 1. The van der Waals surface area contributed by atoms with Gasteiger partial charge in [0, 0.05) is 25.9 Å². The Balaban J connectivity index is 4.87. The molecule has 6 heteroatoms. The monoisotopic (exact) mass is 300 g/mol. The summed E-state index contributed by atoms with van der Waals surface area (Å²) in [5.74, 6) is -1.43. The second kappa shape index (κ2) is 9.37. The predicted molar refractivity (Wildman–Crippen MR) is 80.7 cm³/mol. The summed E-state index contributed by atoms with van der Waals surface area (Å²) in [4.78, 5) is 36.4. The lowest BCUT2D eigenvalue weighted by Gasteiger charge is -2.25. The van der Waals surface area contributed by atoms with Crippen LogP contribution in [0.4, 0.5) is 0 Å². The van der Waals surface area contributed by atoms with E-state index in [0.29, 0.717) is 13.0 Å². The molecular formula is C15H28N2O4. The number of carbonyl (C=O) groups is 3. The second-order valence-corrected chi connectivity index (χ2v) is 6.21. The number of aliphatic carboxylic acids is 1. The average molecular weight is 300 g/mol. The Labute approximate surface area is 126 Å². The molecular weight excluding hydrogens is 272 g/mol. The highest BCUT2D eigenvalue weighted by Crippen LogP contribution is 2.17. The number of hydrogen-bond donors (Lipinski definition) is 2. The van der Waals surface area contributed by atoms with Crippen molar-refractivity contribution < 1.29 is 19.5 Å². The normalized spacial score (nSPS) is 12.3. The number of carboxylic acid groups (broad SMARTS) is 1. The Morgan fingerprint density at radius 2 is 1.67 bits per heavy atom. The fourth-order valence-electron chi connectivity index (χ4n) is 2.25. The van der Waals surface area contributed by atoms with Crippen molar-refractivity contribution in [1.29, 1.82) is 0 Å². The summed E-state index contributed by atoms with van der Waals surface area (Å²) in [5, 5.41) is 11.5. The van der Waals surface area contributed by atoms with Crippen LogP contribution in [0.25, 0.3) is 0 Å². The van der Waals surface area contributed by atoms with Crippen LogP contribution < -0.4 is 5.32 Å². The topological polar surface area (TPSA) is 86.7 Å². The van der Waals surface area contributed by atoms with Crippen LogP contribution in [0.2, 0.25) is 0 Å². The van der Waals surface area contributed by atoms with E-state index in [0.717, 1.165) is 0 Å². The van der Waals surface area contributed by atoms with Gasteiger partial charge in [-0.2, -0.15) is 0 Å². The first-order chi connectivity index (χ1) is 9.67. The summed E-state index contributed by atoms with van der Waals surface area (Å²) in [7, 11) is 1.54. The zero-order chi connectivity index (χ0) is 16.6. The molecule has 0 bridgehead atoms. The molecule has 0 aliphatic rings. The van der Waals surface area contributed by atoms with Gasteiger partial charge in [0.25, 0.3) is 0 Å². The average Bonchev–Trinajstić information content (AvgIpc) is 2.34. The van der Waals surface area contributed by atoms with Gasteiger partial charge in [0.2, 0.25) is 11.8 Å². The van der Waals surface area contributed by atoms with E-state index in [1.165, 1.54) is 4.90 Å². The molecule has 0 fully saturated rings. The Bertz CT molecular complexity index is 367. The van der Waals surface area contributed by atoms with Crippen molar-refractivity contribution in [3.63, 3.8) is 0 Å². The summed E-state index contributed by atoms with van der Waals surface area (Å²) < 4.78 is 0. The van der Waals surface area contributed by atoms with Gasteiger partial charge in [-0.3, -0.25) is 14.4 Å².